The maximum absolute atomic E-state index is 12.2. The van der Waals surface area contributed by atoms with Crippen molar-refractivity contribution in [3.8, 4) is 11.1 Å². The first kappa shape index (κ1) is 16.6. The van der Waals surface area contributed by atoms with Gasteiger partial charge in [0.25, 0.3) is 0 Å². The number of nitrogens with two attached hydrogens (primary N) is 1. The van der Waals surface area contributed by atoms with E-state index in [2.05, 4.69) is 35.3 Å². The van der Waals surface area contributed by atoms with Crippen molar-refractivity contribution in [3.63, 3.8) is 0 Å². The monoisotopic (exact) mass is 368 g/mol. The number of primary amides is 1. The van der Waals surface area contributed by atoms with E-state index in [1.165, 1.54) is 16.7 Å². The lowest BCUT2D eigenvalue weighted by molar-refractivity contribution is 0.188. The number of fused-ring (bicyclic) bond motifs is 2. The van der Waals surface area contributed by atoms with Crippen molar-refractivity contribution in [1.82, 2.24) is 14.3 Å². The second-order valence-electron chi connectivity index (χ2n) is 7.08. The Labute approximate surface area is 163 Å². The zero-order chi connectivity index (χ0) is 19.1. The number of urea groups is 1. The fourth-order valence-corrected chi connectivity index (χ4v) is 4.15. The van der Waals surface area contributed by atoms with E-state index in [1.807, 2.05) is 53.2 Å². The number of carbonyl (C=O) groups is 1. The number of hydrogen-bond acceptors (Lipinski definition) is 2. The maximum Gasteiger partial charge on any atom is 0.315 e. The Morgan fingerprint density at radius 2 is 1.82 bits per heavy atom. The molecule has 138 valence electrons. The Kier molecular flexibility index (Phi) is 3.86. The summed E-state index contributed by atoms with van der Waals surface area (Å²) >= 11 is 0. The Morgan fingerprint density at radius 1 is 1.00 bits per heavy atom. The highest BCUT2D eigenvalue weighted by molar-refractivity contribution is 5.74. The van der Waals surface area contributed by atoms with Crippen LogP contribution in [-0.2, 0) is 6.42 Å². The topological polar surface area (TPSA) is 63.6 Å². The van der Waals surface area contributed by atoms with E-state index in [4.69, 9.17) is 5.73 Å². The first-order valence-corrected chi connectivity index (χ1v) is 9.39. The van der Waals surface area contributed by atoms with Crippen LogP contribution in [0.1, 0.15) is 22.9 Å². The molecule has 0 bridgehead atoms. The van der Waals surface area contributed by atoms with Crippen LogP contribution in [0.3, 0.4) is 0 Å². The van der Waals surface area contributed by atoms with Crippen LogP contribution >= 0.6 is 0 Å². The Hall–Kier alpha value is -3.60. The van der Waals surface area contributed by atoms with Crippen LogP contribution < -0.4 is 5.73 Å². The fourth-order valence-electron chi connectivity index (χ4n) is 4.15. The van der Waals surface area contributed by atoms with Crippen molar-refractivity contribution in [2.75, 3.05) is 6.54 Å². The molecule has 0 spiro atoms. The largest absolute Gasteiger partial charge is 0.351 e. The van der Waals surface area contributed by atoms with Crippen LogP contribution in [-0.4, -0.2) is 26.9 Å². The lowest BCUT2D eigenvalue weighted by atomic mass is 9.88. The number of aromatic nitrogens is 2. The van der Waals surface area contributed by atoms with Gasteiger partial charge in [0, 0.05) is 12.7 Å². The molecule has 2 amide bonds. The maximum atomic E-state index is 12.2. The zero-order valence-corrected chi connectivity index (χ0v) is 15.3. The number of nitrogens with zero attached hydrogens (tertiary/aromatic N) is 3. The molecule has 0 saturated carbocycles. The fraction of sp³-hybridized carbons (Fsp3) is 0.130. The minimum Gasteiger partial charge on any atom is -0.351 e. The summed E-state index contributed by atoms with van der Waals surface area (Å²) in [6, 6.07) is 22.0. The van der Waals surface area contributed by atoms with Gasteiger partial charge in [-0.25, -0.2) is 9.78 Å². The third-order valence-electron chi connectivity index (χ3n) is 5.49. The number of hydrogen-bond donors (Lipinski definition) is 1. The van der Waals surface area contributed by atoms with Gasteiger partial charge in [-0.3, -0.25) is 0 Å². The molecule has 2 aromatic carbocycles. The standard InChI is InChI=1S/C23H20N4O/c24-23(28)27-13-11-18-14-17(16-6-2-1-3-7-16)9-10-19(18)22(27)20-15-25-21-8-4-5-12-26(20)21/h1-10,12,14-15,22H,11,13H2,(H2,24,28). The molecule has 1 unspecified atom stereocenters. The number of pyridine rings is 1. The summed E-state index contributed by atoms with van der Waals surface area (Å²) in [5.41, 5.74) is 12.3. The molecule has 0 saturated heterocycles. The number of imidazole rings is 1. The molecule has 2 aromatic heterocycles. The summed E-state index contributed by atoms with van der Waals surface area (Å²) in [5.74, 6) is 0. The second kappa shape index (κ2) is 6.53. The van der Waals surface area contributed by atoms with Gasteiger partial charge in [-0.05, 0) is 40.8 Å². The normalized spacial score (nSPS) is 16.1. The summed E-state index contributed by atoms with van der Waals surface area (Å²) in [6.07, 6.45) is 4.60. The molecule has 0 aliphatic carbocycles. The van der Waals surface area contributed by atoms with Gasteiger partial charge in [-0.2, -0.15) is 0 Å². The van der Waals surface area contributed by atoms with E-state index in [0.717, 1.165) is 23.3 Å². The molecule has 0 fully saturated rings. The van der Waals surface area contributed by atoms with Crippen LogP contribution in [0.2, 0.25) is 0 Å². The summed E-state index contributed by atoms with van der Waals surface area (Å²) < 4.78 is 2.03. The number of rotatable bonds is 2. The lowest BCUT2D eigenvalue weighted by Crippen LogP contribution is -2.44. The smallest absolute Gasteiger partial charge is 0.315 e. The molecule has 5 nitrogen and oxygen atoms in total. The Balaban J connectivity index is 1.66. The van der Waals surface area contributed by atoms with Crippen LogP contribution in [0.5, 0.6) is 0 Å². The van der Waals surface area contributed by atoms with Crippen molar-refractivity contribution >= 4 is 11.7 Å². The van der Waals surface area contributed by atoms with Gasteiger partial charge in [-0.1, -0.05) is 54.6 Å². The van der Waals surface area contributed by atoms with Crippen molar-refractivity contribution < 1.29 is 4.79 Å². The lowest BCUT2D eigenvalue weighted by Gasteiger charge is -2.36. The molecule has 28 heavy (non-hydrogen) atoms. The number of benzene rings is 2. The molecule has 5 heteroatoms. The molecule has 2 N–H and O–H groups in total. The summed E-state index contributed by atoms with van der Waals surface area (Å²) in [4.78, 5) is 18.5. The van der Waals surface area contributed by atoms with Crippen molar-refractivity contribution in [2.24, 2.45) is 5.73 Å². The van der Waals surface area contributed by atoms with Crippen molar-refractivity contribution in [2.45, 2.75) is 12.5 Å². The van der Waals surface area contributed by atoms with Crippen LogP contribution in [0.25, 0.3) is 16.8 Å². The SMILES string of the molecule is NC(=O)N1CCc2cc(-c3ccccc3)ccc2C1c1cnc2ccccn12. The summed E-state index contributed by atoms with van der Waals surface area (Å²) in [7, 11) is 0. The Bertz CT molecular complexity index is 1170. The van der Waals surface area contributed by atoms with Gasteiger partial charge in [0.05, 0.1) is 11.9 Å². The van der Waals surface area contributed by atoms with Gasteiger partial charge in [0.15, 0.2) is 0 Å². The van der Waals surface area contributed by atoms with Crippen molar-refractivity contribution in [3.05, 3.63) is 95.9 Å². The predicted molar refractivity (Wildman–Crippen MR) is 109 cm³/mol. The molecule has 3 heterocycles. The highest BCUT2D eigenvalue weighted by Gasteiger charge is 2.33. The number of carbonyl (C=O) groups excluding carboxylic acids is 1. The predicted octanol–water partition coefficient (Wildman–Crippen LogP) is 4.03. The van der Waals surface area contributed by atoms with Gasteiger partial charge >= 0.3 is 6.03 Å². The third kappa shape index (κ3) is 2.63. The minimum atomic E-state index is -0.409. The quantitative estimate of drug-likeness (QED) is 0.581. The molecule has 4 aromatic rings. The molecule has 1 aliphatic heterocycles. The van der Waals surface area contributed by atoms with Gasteiger partial charge in [0.2, 0.25) is 0 Å². The van der Waals surface area contributed by atoms with E-state index < -0.39 is 6.03 Å². The molecule has 1 atom stereocenters. The third-order valence-corrected chi connectivity index (χ3v) is 5.49. The van der Waals surface area contributed by atoms with E-state index in [9.17, 15) is 4.79 Å². The van der Waals surface area contributed by atoms with E-state index in [0.29, 0.717) is 6.54 Å². The van der Waals surface area contributed by atoms with Gasteiger partial charge in [0.1, 0.15) is 11.7 Å². The van der Waals surface area contributed by atoms with Crippen LogP contribution in [0.15, 0.2) is 79.1 Å². The zero-order valence-electron chi connectivity index (χ0n) is 15.3. The molecular weight excluding hydrogens is 348 g/mol. The van der Waals surface area contributed by atoms with Gasteiger partial charge < -0.3 is 15.0 Å². The summed E-state index contributed by atoms with van der Waals surface area (Å²) in [6.45, 7) is 0.589. The summed E-state index contributed by atoms with van der Waals surface area (Å²) in [5, 5.41) is 0. The molecule has 0 radical (unpaired) electrons. The molecule has 5 rings (SSSR count). The van der Waals surface area contributed by atoms with Crippen LogP contribution in [0, 0.1) is 0 Å². The molecule has 1 aliphatic rings. The number of amides is 2. The van der Waals surface area contributed by atoms with Gasteiger partial charge in [-0.15, -0.1) is 0 Å². The van der Waals surface area contributed by atoms with E-state index in [1.54, 1.807) is 4.90 Å². The van der Waals surface area contributed by atoms with E-state index >= 15 is 0 Å². The molecular formula is C23H20N4O. The second-order valence-corrected chi connectivity index (χ2v) is 7.08. The highest BCUT2D eigenvalue weighted by Crippen LogP contribution is 2.37. The van der Waals surface area contributed by atoms with Crippen molar-refractivity contribution in [1.29, 1.82) is 0 Å². The van der Waals surface area contributed by atoms with Crippen LogP contribution in [0.4, 0.5) is 4.79 Å². The highest BCUT2D eigenvalue weighted by atomic mass is 16.2. The minimum absolute atomic E-state index is 0.247. The van der Waals surface area contributed by atoms with E-state index in [-0.39, 0.29) is 6.04 Å². The average molecular weight is 368 g/mol. The average Bonchev–Trinajstić information content (AvgIpc) is 3.17. The first-order chi connectivity index (χ1) is 13.7. The first-order valence-electron chi connectivity index (χ1n) is 9.39. The Morgan fingerprint density at radius 3 is 2.64 bits per heavy atom.